The normalized spacial score (nSPS) is 17.8. The molecule has 2 amide bonds. The summed E-state index contributed by atoms with van der Waals surface area (Å²) in [6.07, 6.45) is 0.585. The molecule has 1 aliphatic heterocycles. The van der Waals surface area contributed by atoms with Gasteiger partial charge in [0.1, 0.15) is 5.82 Å². The van der Waals surface area contributed by atoms with Gasteiger partial charge in [0.15, 0.2) is 0 Å². The van der Waals surface area contributed by atoms with Gasteiger partial charge < -0.3 is 10.2 Å². The summed E-state index contributed by atoms with van der Waals surface area (Å²) in [4.78, 5) is 26.7. The van der Waals surface area contributed by atoms with Crippen molar-refractivity contribution in [3.63, 3.8) is 0 Å². The van der Waals surface area contributed by atoms with Crippen molar-refractivity contribution in [3.05, 3.63) is 70.5 Å². The summed E-state index contributed by atoms with van der Waals surface area (Å²) >= 11 is 6.06. The number of nitrogens with zero attached hydrogens (tertiary/aromatic N) is 1. The standard InChI is InChI=1S/C20H20ClFN2O2/c1-13(18-16(21)8-5-9-17(18)22)23-19(25)15-10-11-24(12-15)20(26)14-6-3-2-4-7-14/h2-9,13,15H,10-12H2,1H3,(H,23,25). The zero-order chi connectivity index (χ0) is 18.7. The Bertz CT molecular complexity index is 792. The van der Waals surface area contributed by atoms with Gasteiger partial charge >= 0.3 is 0 Å². The molecule has 0 bridgehead atoms. The van der Waals surface area contributed by atoms with Crippen molar-refractivity contribution in [2.24, 2.45) is 5.92 Å². The topological polar surface area (TPSA) is 49.4 Å². The lowest BCUT2D eigenvalue weighted by Gasteiger charge is -2.20. The van der Waals surface area contributed by atoms with Crippen molar-refractivity contribution in [2.75, 3.05) is 13.1 Å². The van der Waals surface area contributed by atoms with Crippen molar-refractivity contribution < 1.29 is 14.0 Å². The van der Waals surface area contributed by atoms with E-state index in [4.69, 9.17) is 11.6 Å². The van der Waals surface area contributed by atoms with Crippen LogP contribution in [0, 0.1) is 11.7 Å². The Morgan fingerprint density at radius 1 is 1.19 bits per heavy atom. The zero-order valence-corrected chi connectivity index (χ0v) is 15.2. The molecule has 0 spiro atoms. The molecule has 4 nitrogen and oxygen atoms in total. The second-order valence-corrected chi connectivity index (χ2v) is 6.88. The summed E-state index contributed by atoms with van der Waals surface area (Å²) in [5.74, 6) is -1.03. The van der Waals surface area contributed by atoms with Gasteiger partial charge in [0.2, 0.25) is 5.91 Å². The van der Waals surface area contributed by atoms with Crippen LogP contribution in [0.4, 0.5) is 4.39 Å². The highest BCUT2D eigenvalue weighted by Crippen LogP contribution is 2.27. The first-order valence-corrected chi connectivity index (χ1v) is 8.93. The van der Waals surface area contributed by atoms with Crippen molar-refractivity contribution in [1.29, 1.82) is 0 Å². The summed E-state index contributed by atoms with van der Waals surface area (Å²) in [5, 5.41) is 3.10. The highest BCUT2D eigenvalue weighted by atomic mass is 35.5. The fourth-order valence-electron chi connectivity index (χ4n) is 3.25. The summed E-state index contributed by atoms with van der Waals surface area (Å²) < 4.78 is 14.0. The molecular weight excluding hydrogens is 355 g/mol. The first-order valence-electron chi connectivity index (χ1n) is 8.56. The molecule has 2 aromatic carbocycles. The van der Waals surface area contributed by atoms with Gasteiger partial charge in [-0.25, -0.2) is 4.39 Å². The average Bonchev–Trinajstić information content (AvgIpc) is 3.12. The lowest BCUT2D eigenvalue weighted by molar-refractivity contribution is -0.125. The predicted molar refractivity (Wildman–Crippen MR) is 98.4 cm³/mol. The molecule has 1 saturated heterocycles. The number of nitrogens with one attached hydrogen (secondary N) is 1. The number of likely N-dealkylation sites (tertiary alicyclic amines) is 1. The van der Waals surface area contributed by atoms with Crippen LogP contribution in [0.1, 0.15) is 35.3 Å². The minimum atomic E-state index is -0.546. The first-order chi connectivity index (χ1) is 12.5. The molecular formula is C20H20ClFN2O2. The molecule has 2 aromatic rings. The maximum Gasteiger partial charge on any atom is 0.253 e. The summed E-state index contributed by atoms with van der Waals surface area (Å²) in [7, 11) is 0. The van der Waals surface area contributed by atoms with Crippen LogP contribution in [0.15, 0.2) is 48.5 Å². The van der Waals surface area contributed by atoms with Crippen molar-refractivity contribution in [2.45, 2.75) is 19.4 Å². The largest absolute Gasteiger partial charge is 0.349 e. The lowest BCUT2D eigenvalue weighted by atomic mass is 10.0. The molecule has 26 heavy (non-hydrogen) atoms. The number of halogens is 2. The Hall–Kier alpha value is -2.40. The van der Waals surface area contributed by atoms with Gasteiger partial charge in [-0.1, -0.05) is 35.9 Å². The molecule has 136 valence electrons. The van der Waals surface area contributed by atoms with E-state index < -0.39 is 11.9 Å². The van der Waals surface area contributed by atoms with Crippen LogP contribution in [0.5, 0.6) is 0 Å². The van der Waals surface area contributed by atoms with Crippen LogP contribution in [0.3, 0.4) is 0 Å². The third-order valence-electron chi connectivity index (χ3n) is 4.66. The average molecular weight is 375 g/mol. The first kappa shape index (κ1) is 18.4. The van der Waals surface area contributed by atoms with Crippen molar-refractivity contribution in [3.8, 4) is 0 Å². The van der Waals surface area contributed by atoms with Crippen LogP contribution in [-0.2, 0) is 4.79 Å². The van der Waals surface area contributed by atoms with E-state index in [2.05, 4.69) is 5.32 Å². The van der Waals surface area contributed by atoms with E-state index >= 15 is 0 Å². The Morgan fingerprint density at radius 2 is 1.92 bits per heavy atom. The van der Waals surface area contributed by atoms with Gasteiger partial charge in [0.05, 0.1) is 12.0 Å². The number of hydrogen-bond donors (Lipinski definition) is 1. The maximum atomic E-state index is 14.0. The Morgan fingerprint density at radius 3 is 2.62 bits per heavy atom. The summed E-state index contributed by atoms with van der Waals surface area (Å²) in [5.41, 5.74) is 0.887. The molecule has 3 rings (SSSR count). The van der Waals surface area contributed by atoms with E-state index in [9.17, 15) is 14.0 Å². The molecule has 0 saturated carbocycles. The van der Waals surface area contributed by atoms with Crippen LogP contribution in [-0.4, -0.2) is 29.8 Å². The van der Waals surface area contributed by atoms with E-state index in [-0.39, 0.29) is 28.3 Å². The van der Waals surface area contributed by atoms with E-state index in [1.807, 2.05) is 18.2 Å². The van der Waals surface area contributed by atoms with Gasteiger partial charge in [-0.15, -0.1) is 0 Å². The molecule has 1 aliphatic rings. The lowest BCUT2D eigenvalue weighted by Crippen LogP contribution is -2.36. The van der Waals surface area contributed by atoms with Gasteiger partial charge in [-0.05, 0) is 37.6 Å². The van der Waals surface area contributed by atoms with Crippen LogP contribution < -0.4 is 5.32 Å². The number of hydrogen-bond acceptors (Lipinski definition) is 2. The van der Waals surface area contributed by atoms with Crippen LogP contribution >= 0.6 is 11.6 Å². The number of carbonyl (C=O) groups is 2. The van der Waals surface area contributed by atoms with Gasteiger partial charge in [-0.3, -0.25) is 9.59 Å². The van der Waals surface area contributed by atoms with Crippen LogP contribution in [0.25, 0.3) is 0 Å². The molecule has 1 N–H and O–H groups in total. The zero-order valence-electron chi connectivity index (χ0n) is 14.4. The molecule has 0 radical (unpaired) electrons. The third kappa shape index (κ3) is 3.88. The highest BCUT2D eigenvalue weighted by Gasteiger charge is 2.32. The van der Waals surface area contributed by atoms with E-state index in [1.54, 1.807) is 30.0 Å². The maximum absolute atomic E-state index is 14.0. The Kier molecular flexibility index (Phi) is 5.57. The fourth-order valence-corrected chi connectivity index (χ4v) is 3.58. The van der Waals surface area contributed by atoms with Crippen LogP contribution in [0.2, 0.25) is 5.02 Å². The second kappa shape index (κ2) is 7.87. The molecule has 2 unspecified atom stereocenters. The second-order valence-electron chi connectivity index (χ2n) is 6.47. The van der Waals surface area contributed by atoms with E-state index in [0.29, 0.717) is 25.1 Å². The van der Waals surface area contributed by atoms with Crippen molar-refractivity contribution in [1.82, 2.24) is 10.2 Å². The predicted octanol–water partition coefficient (Wildman–Crippen LogP) is 3.82. The number of rotatable bonds is 4. The van der Waals surface area contributed by atoms with Crippen molar-refractivity contribution >= 4 is 23.4 Å². The quantitative estimate of drug-likeness (QED) is 0.884. The molecule has 1 heterocycles. The molecule has 0 aliphatic carbocycles. The molecule has 2 atom stereocenters. The third-order valence-corrected chi connectivity index (χ3v) is 4.99. The Balaban J connectivity index is 1.62. The SMILES string of the molecule is CC(NC(=O)C1CCN(C(=O)c2ccccc2)C1)c1c(F)cccc1Cl. The number of amides is 2. The monoisotopic (exact) mass is 374 g/mol. The van der Waals surface area contributed by atoms with Gasteiger partial charge in [0, 0.05) is 29.2 Å². The highest BCUT2D eigenvalue weighted by molar-refractivity contribution is 6.31. The molecule has 0 aromatic heterocycles. The Labute approximate surface area is 157 Å². The van der Waals surface area contributed by atoms with Gasteiger partial charge in [-0.2, -0.15) is 0 Å². The van der Waals surface area contributed by atoms with E-state index in [0.717, 1.165) is 0 Å². The summed E-state index contributed by atoms with van der Waals surface area (Å²) in [6, 6.07) is 12.9. The minimum absolute atomic E-state index is 0.0777. The number of carbonyl (C=O) groups excluding carboxylic acids is 2. The summed E-state index contributed by atoms with van der Waals surface area (Å²) in [6.45, 7) is 2.59. The molecule has 6 heteroatoms. The number of benzene rings is 2. The fraction of sp³-hybridized carbons (Fsp3) is 0.300. The minimum Gasteiger partial charge on any atom is -0.349 e. The smallest absolute Gasteiger partial charge is 0.253 e. The van der Waals surface area contributed by atoms with Gasteiger partial charge in [0.25, 0.3) is 5.91 Å². The molecule has 1 fully saturated rings. The van der Waals surface area contributed by atoms with E-state index in [1.165, 1.54) is 12.1 Å².